The van der Waals surface area contributed by atoms with Gasteiger partial charge in [-0.15, -0.1) is 0 Å². The van der Waals surface area contributed by atoms with Gasteiger partial charge >= 0.3 is 11.9 Å². The number of rotatable bonds is 6. The maximum absolute atomic E-state index is 12.0. The molecule has 0 spiro atoms. The number of carbonyl (C=O) groups is 2. The molecule has 0 saturated carbocycles. The Balaban J connectivity index is 1.74. The molecule has 2 aromatic carbocycles. The number of hydrogen-bond donors (Lipinski definition) is 0. The van der Waals surface area contributed by atoms with E-state index in [1.807, 2.05) is 0 Å². The van der Waals surface area contributed by atoms with E-state index < -0.39 is 0 Å². The zero-order valence-corrected chi connectivity index (χ0v) is 17.3. The molecule has 2 atom stereocenters. The lowest BCUT2D eigenvalue weighted by Crippen LogP contribution is -2.44. The number of allylic oxidation sites excluding steroid dienone is 2. The molecule has 0 heterocycles. The van der Waals surface area contributed by atoms with Crippen molar-refractivity contribution in [3.8, 4) is 0 Å². The first kappa shape index (κ1) is 20.1. The molecule has 4 heteroatoms. The van der Waals surface area contributed by atoms with E-state index >= 15 is 0 Å². The molecule has 30 heavy (non-hydrogen) atoms. The summed E-state index contributed by atoms with van der Waals surface area (Å²) in [6.07, 6.45) is 6.22. The third-order valence-electron chi connectivity index (χ3n) is 6.18. The van der Waals surface area contributed by atoms with Crippen LogP contribution >= 0.6 is 0 Å². The minimum absolute atomic E-state index is 0.0346. The molecular weight excluding hydrogens is 376 g/mol. The fourth-order valence-corrected chi connectivity index (χ4v) is 5.07. The molecule has 5 rings (SSSR count). The predicted molar refractivity (Wildman–Crippen MR) is 115 cm³/mol. The lowest BCUT2D eigenvalue weighted by atomic mass is 9.54. The van der Waals surface area contributed by atoms with E-state index in [0.29, 0.717) is 13.2 Å². The summed E-state index contributed by atoms with van der Waals surface area (Å²) in [6.45, 7) is 4.16. The summed E-state index contributed by atoms with van der Waals surface area (Å²) >= 11 is 0. The highest BCUT2D eigenvalue weighted by molar-refractivity contribution is 5.82. The van der Waals surface area contributed by atoms with E-state index in [1.54, 1.807) is 26.0 Å². The highest BCUT2D eigenvalue weighted by atomic mass is 16.5. The number of esters is 2. The first-order valence-corrected chi connectivity index (χ1v) is 10.4. The Hall–Kier alpha value is -3.14. The molecule has 0 fully saturated rings. The Kier molecular flexibility index (Phi) is 5.84. The van der Waals surface area contributed by atoms with Gasteiger partial charge in [0.25, 0.3) is 0 Å². The Morgan fingerprint density at radius 1 is 0.700 bits per heavy atom. The van der Waals surface area contributed by atoms with E-state index in [4.69, 9.17) is 9.47 Å². The van der Waals surface area contributed by atoms with E-state index in [-0.39, 0.29) is 35.6 Å². The molecule has 0 radical (unpaired) electrons. The lowest BCUT2D eigenvalue weighted by molar-refractivity contribution is -0.144. The molecule has 3 aliphatic rings. The van der Waals surface area contributed by atoms with Crippen LogP contribution in [0.4, 0.5) is 0 Å². The predicted octanol–water partition coefficient (Wildman–Crippen LogP) is 4.75. The number of hydrogen-bond acceptors (Lipinski definition) is 4. The van der Waals surface area contributed by atoms with E-state index in [9.17, 15) is 9.59 Å². The van der Waals surface area contributed by atoms with Gasteiger partial charge in [-0.2, -0.15) is 0 Å². The van der Waals surface area contributed by atoms with E-state index in [0.717, 1.165) is 0 Å². The Labute approximate surface area is 177 Å². The summed E-state index contributed by atoms with van der Waals surface area (Å²) in [5.41, 5.74) is 5.13. The molecular formula is C26H26O4. The quantitative estimate of drug-likeness (QED) is 0.517. The van der Waals surface area contributed by atoms with Crippen molar-refractivity contribution >= 4 is 11.9 Å². The van der Waals surface area contributed by atoms with Gasteiger partial charge in [0.2, 0.25) is 0 Å². The average Bonchev–Trinajstić information content (AvgIpc) is 2.76. The normalized spacial score (nSPS) is 23.9. The van der Waals surface area contributed by atoms with Crippen LogP contribution in [0.15, 0.2) is 72.8 Å². The van der Waals surface area contributed by atoms with Crippen molar-refractivity contribution in [3.63, 3.8) is 0 Å². The van der Waals surface area contributed by atoms with Gasteiger partial charge in [0.05, 0.1) is 13.2 Å². The van der Waals surface area contributed by atoms with Crippen molar-refractivity contribution in [2.45, 2.75) is 25.7 Å². The topological polar surface area (TPSA) is 52.6 Å². The minimum Gasteiger partial charge on any atom is -0.462 e. The SMILES string of the molecule is C/C=C/C(=O)OC[C@@H]1C2c3ccccc3C(c3ccccc32)[C@H]1COC(=O)/C=C/C. The molecule has 2 aromatic rings. The summed E-state index contributed by atoms with van der Waals surface area (Å²) in [6, 6.07) is 16.9. The van der Waals surface area contributed by atoms with Crippen LogP contribution in [0.1, 0.15) is 47.9 Å². The van der Waals surface area contributed by atoms with Crippen LogP contribution in [-0.4, -0.2) is 25.2 Å². The molecule has 0 aromatic heterocycles. The number of fused-ring (bicyclic) bond motifs is 1. The van der Waals surface area contributed by atoms with Crippen molar-refractivity contribution < 1.29 is 19.1 Å². The third-order valence-corrected chi connectivity index (χ3v) is 6.18. The second kappa shape index (κ2) is 8.70. The van der Waals surface area contributed by atoms with E-state index in [1.165, 1.54) is 34.4 Å². The van der Waals surface area contributed by atoms with Crippen LogP contribution in [0.25, 0.3) is 0 Å². The monoisotopic (exact) mass is 402 g/mol. The van der Waals surface area contributed by atoms with Crippen molar-refractivity contribution in [1.82, 2.24) is 0 Å². The van der Waals surface area contributed by atoms with Crippen LogP contribution in [0.2, 0.25) is 0 Å². The Morgan fingerprint density at radius 2 is 1.03 bits per heavy atom. The number of carbonyl (C=O) groups excluding carboxylic acids is 2. The maximum Gasteiger partial charge on any atom is 0.330 e. The summed E-state index contributed by atoms with van der Waals surface area (Å²) in [5, 5.41) is 0. The Morgan fingerprint density at radius 3 is 1.33 bits per heavy atom. The van der Waals surface area contributed by atoms with E-state index in [2.05, 4.69) is 48.5 Å². The van der Waals surface area contributed by atoms with Gasteiger partial charge in [-0.3, -0.25) is 0 Å². The standard InChI is InChI=1S/C26H26O4/c1-3-9-23(27)29-15-21-22(16-30-24(28)10-4-2)26-19-13-7-5-11-17(19)25(21)18-12-6-8-14-20(18)26/h3-14,21-22,25-26H,15-16H2,1-2H3/b9-3+,10-4+/t21-,22-,25?,26?/m0/s1. The molecule has 4 nitrogen and oxygen atoms in total. The van der Waals surface area contributed by atoms with Gasteiger partial charge in [-0.1, -0.05) is 60.7 Å². The van der Waals surface area contributed by atoms with Gasteiger partial charge < -0.3 is 9.47 Å². The second-order valence-electron chi connectivity index (χ2n) is 7.80. The fraction of sp³-hybridized carbons (Fsp3) is 0.308. The van der Waals surface area contributed by atoms with Crippen LogP contribution in [0.3, 0.4) is 0 Å². The van der Waals surface area contributed by atoms with Crippen molar-refractivity contribution in [3.05, 3.63) is 95.1 Å². The molecule has 0 amide bonds. The summed E-state index contributed by atoms with van der Waals surface area (Å²) < 4.78 is 11.2. The zero-order chi connectivity index (χ0) is 21.1. The summed E-state index contributed by atoms with van der Waals surface area (Å²) in [7, 11) is 0. The Bertz CT molecular complexity index is 876. The second-order valence-corrected chi connectivity index (χ2v) is 7.80. The largest absolute Gasteiger partial charge is 0.462 e. The fourth-order valence-electron chi connectivity index (χ4n) is 5.07. The molecule has 0 N–H and O–H groups in total. The molecule has 0 unspecified atom stereocenters. The van der Waals surface area contributed by atoms with Crippen LogP contribution in [-0.2, 0) is 19.1 Å². The van der Waals surface area contributed by atoms with Crippen LogP contribution in [0.5, 0.6) is 0 Å². The summed E-state index contributed by atoms with van der Waals surface area (Å²) in [5.74, 6) is -0.410. The zero-order valence-electron chi connectivity index (χ0n) is 17.3. The minimum atomic E-state index is -0.342. The van der Waals surface area contributed by atoms with Crippen molar-refractivity contribution in [2.24, 2.45) is 11.8 Å². The molecule has 154 valence electrons. The summed E-state index contributed by atoms with van der Waals surface area (Å²) in [4.78, 5) is 24.1. The molecule has 3 aliphatic carbocycles. The highest BCUT2D eigenvalue weighted by Gasteiger charge is 2.50. The van der Waals surface area contributed by atoms with Gasteiger partial charge in [0.15, 0.2) is 0 Å². The number of ether oxygens (including phenoxy) is 2. The molecule has 2 bridgehead atoms. The third kappa shape index (κ3) is 3.58. The highest BCUT2D eigenvalue weighted by Crippen LogP contribution is 2.58. The number of benzene rings is 2. The first-order valence-electron chi connectivity index (χ1n) is 10.4. The lowest BCUT2D eigenvalue weighted by Gasteiger charge is -2.50. The van der Waals surface area contributed by atoms with Crippen molar-refractivity contribution in [1.29, 1.82) is 0 Å². The average molecular weight is 402 g/mol. The smallest absolute Gasteiger partial charge is 0.330 e. The molecule has 0 aliphatic heterocycles. The van der Waals surface area contributed by atoms with Crippen LogP contribution < -0.4 is 0 Å². The molecule has 0 saturated heterocycles. The van der Waals surface area contributed by atoms with Gasteiger partial charge in [-0.25, -0.2) is 9.59 Å². The first-order chi connectivity index (χ1) is 14.7. The van der Waals surface area contributed by atoms with Gasteiger partial charge in [0.1, 0.15) is 0 Å². The van der Waals surface area contributed by atoms with Crippen molar-refractivity contribution in [2.75, 3.05) is 13.2 Å². The van der Waals surface area contributed by atoms with Gasteiger partial charge in [-0.05, 0) is 36.1 Å². The maximum atomic E-state index is 12.0. The van der Waals surface area contributed by atoms with Gasteiger partial charge in [0, 0.05) is 35.8 Å². The van der Waals surface area contributed by atoms with Crippen LogP contribution in [0, 0.1) is 11.8 Å².